The Hall–Kier alpha value is -1.84. The van der Waals surface area contributed by atoms with E-state index in [4.69, 9.17) is 0 Å². The third kappa shape index (κ3) is 1.56. The highest BCUT2D eigenvalue weighted by molar-refractivity contribution is 5.57. The molecule has 1 aromatic heterocycles. The predicted molar refractivity (Wildman–Crippen MR) is 60.1 cm³/mol. The molecule has 4 heteroatoms. The van der Waals surface area contributed by atoms with Crippen LogP contribution in [0.15, 0.2) is 24.3 Å². The van der Waals surface area contributed by atoms with Crippen molar-refractivity contribution in [2.45, 2.75) is 18.8 Å². The molecule has 1 aliphatic carbocycles. The monoisotopic (exact) mass is 215 g/mol. The van der Waals surface area contributed by atoms with Crippen molar-refractivity contribution in [3.63, 3.8) is 0 Å². The fourth-order valence-electron chi connectivity index (χ4n) is 1.82. The smallest absolute Gasteiger partial charge is 0.158 e. The molecule has 16 heavy (non-hydrogen) atoms. The van der Waals surface area contributed by atoms with Gasteiger partial charge in [0.15, 0.2) is 11.6 Å². The van der Waals surface area contributed by atoms with Crippen molar-refractivity contribution in [1.29, 1.82) is 0 Å². The van der Waals surface area contributed by atoms with Crippen LogP contribution in [0.1, 0.15) is 24.6 Å². The van der Waals surface area contributed by atoms with Gasteiger partial charge >= 0.3 is 0 Å². The zero-order valence-corrected chi connectivity index (χ0v) is 9.09. The number of hydrogen-bond acceptors (Lipinski definition) is 3. The zero-order valence-electron chi connectivity index (χ0n) is 9.09. The quantitative estimate of drug-likeness (QED) is 0.834. The number of aryl methyl sites for hydroxylation is 1. The van der Waals surface area contributed by atoms with Gasteiger partial charge in [-0.3, -0.25) is 0 Å². The van der Waals surface area contributed by atoms with Gasteiger partial charge in [-0.1, -0.05) is 12.1 Å². The lowest BCUT2D eigenvalue weighted by Crippen LogP contribution is -1.94. The van der Waals surface area contributed by atoms with Crippen LogP contribution in [0.5, 0.6) is 5.75 Å². The van der Waals surface area contributed by atoms with Gasteiger partial charge in [-0.25, -0.2) is 9.67 Å². The van der Waals surface area contributed by atoms with E-state index in [2.05, 4.69) is 10.1 Å². The van der Waals surface area contributed by atoms with Crippen molar-refractivity contribution in [3.05, 3.63) is 30.1 Å². The van der Waals surface area contributed by atoms with Crippen LogP contribution in [-0.4, -0.2) is 19.9 Å². The van der Waals surface area contributed by atoms with Crippen LogP contribution in [0.2, 0.25) is 0 Å². The van der Waals surface area contributed by atoms with E-state index in [0.717, 1.165) is 17.2 Å². The van der Waals surface area contributed by atoms with Gasteiger partial charge in [0.05, 0.1) is 0 Å². The van der Waals surface area contributed by atoms with Gasteiger partial charge in [0.25, 0.3) is 0 Å². The Morgan fingerprint density at radius 1 is 1.38 bits per heavy atom. The average Bonchev–Trinajstić information content (AvgIpc) is 3.02. The highest BCUT2D eigenvalue weighted by Crippen LogP contribution is 2.38. The highest BCUT2D eigenvalue weighted by Gasteiger charge is 2.28. The molecule has 2 aromatic rings. The van der Waals surface area contributed by atoms with Crippen LogP contribution in [-0.2, 0) is 7.05 Å². The Bertz CT molecular complexity index is 529. The standard InChI is InChI=1S/C12H13N3O/c1-15-12(9-3-2-4-10(16)7-9)13-11(14-15)8-5-6-8/h2-4,7-8,16H,5-6H2,1H3. The predicted octanol–water partition coefficient (Wildman–Crippen LogP) is 2.07. The Morgan fingerprint density at radius 2 is 2.19 bits per heavy atom. The summed E-state index contributed by atoms with van der Waals surface area (Å²) in [4.78, 5) is 4.52. The number of hydrogen-bond donors (Lipinski definition) is 1. The second kappa shape index (κ2) is 3.33. The molecule has 0 saturated heterocycles. The molecule has 1 aromatic carbocycles. The number of aromatic hydroxyl groups is 1. The normalized spacial score (nSPS) is 15.3. The van der Waals surface area contributed by atoms with Gasteiger partial charge in [-0.05, 0) is 25.0 Å². The molecule has 1 fully saturated rings. The molecule has 1 N–H and O–H groups in total. The van der Waals surface area contributed by atoms with Crippen molar-refractivity contribution in [3.8, 4) is 17.1 Å². The summed E-state index contributed by atoms with van der Waals surface area (Å²) in [5.74, 6) is 2.56. The van der Waals surface area contributed by atoms with Crippen LogP contribution in [0, 0.1) is 0 Å². The van der Waals surface area contributed by atoms with Crippen LogP contribution in [0.4, 0.5) is 0 Å². The molecule has 0 atom stereocenters. The maximum Gasteiger partial charge on any atom is 0.158 e. The summed E-state index contributed by atoms with van der Waals surface area (Å²) >= 11 is 0. The van der Waals surface area contributed by atoms with E-state index in [-0.39, 0.29) is 5.75 Å². The fraction of sp³-hybridized carbons (Fsp3) is 0.333. The minimum atomic E-state index is 0.258. The maximum absolute atomic E-state index is 9.44. The molecule has 0 spiro atoms. The number of phenolic OH excluding ortho intramolecular Hbond substituents is 1. The third-order valence-electron chi connectivity index (χ3n) is 2.83. The highest BCUT2D eigenvalue weighted by atomic mass is 16.3. The lowest BCUT2D eigenvalue weighted by molar-refractivity contribution is 0.475. The molecule has 82 valence electrons. The Labute approximate surface area is 93.6 Å². The van der Waals surface area contributed by atoms with E-state index in [1.807, 2.05) is 19.2 Å². The van der Waals surface area contributed by atoms with Crippen molar-refractivity contribution < 1.29 is 5.11 Å². The molecule has 0 bridgehead atoms. The Balaban J connectivity index is 2.04. The molecule has 0 amide bonds. The topological polar surface area (TPSA) is 50.9 Å². The van der Waals surface area contributed by atoms with Gasteiger partial charge in [-0.2, -0.15) is 5.10 Å². The number of nitrogens with zero attached hydrogens (tertiary/aromatic N) is 3. The minimum Gasteiger partial charge on any atom is -0.508 e. The van der Waals surface area contributed by atoms with E-state index in [1.54, 1.807) is 16.8 Å². The molecule has 1 heterocycles. The lowest BCUT2D eigenvalue weighted by atomic mass is 10.2. The third-order valence-corrected chi connectivity index (χ3v) is 2.83. The van der Waals surface area contributed by atoms with Gasteiger partial charge in [-0.15, -0.1) is 0 Å². The van der Waals surface area contributed by atoms with Crippen molar-refractivity contribution in [2.75, 3.05) is 0 Å². The Morgan fingerprint density at radius 3 is 2.88 bits per heavy atom. The first-order valence-electron chi connectivity index (χ1n) is 5.44. The van der Waals surface area contributed by atoms with Crippen LogP contribution < -0.4 is 0 Å². The van der Waals surface area contributed by atoms with Crippen LogP contribution in [0.3, 0.4) is 0 Å². The summed E-state index contributed by atoms with van der Waals surface area (Å²) in [7, 11) is 1.89. The maximum atomic E-state index is 9.44. The van der Waals surface area contributed by atoms with E-state index in [9.17, 15) is 5.11 Å². The number of benzene rings is 1. The summed E-state index contributed by atoms with van der Waals surface area (Å²) in [6.07, 6.45) is 2.40. The summed E-state index contributed by atoms with van der Waals surface area (Å²) in [5, 5.41) is 13.8. The van der Waals surface area contributed by atoms with E-state index in [1.165, 1.54) is 12.8 Å². The molecule has 0 unspecified atom stereocenters. The number of aromatic nitrogens is 3. The molecule has 0 radical (unpaired) electrons. The first kappa shape index (κ1) is 9.39. The molecule has 4 nitrogen and oxygen atoms in total. The number of rotatable bonds is 2. The molecular formula is C12H13N3O. The first-order valence-corrected chi connectivity index (χ1v) is 5.44. The van der Waals surface area contributed by atoms with Crippen molar-refractivity contribution in [1.82, 2.24) is 14.8 Å². The van der Waals surface area contributed by atoms with E-state index < -0.39 is 0 Å². The summed E-state index contributed by atoms with van der Waals surface area (Å²) in [6, 6.07) is 7.11. The van der Waals surface area contributed by atoms with Gasteiger partial charge in [0.1, 0.15) is 5.75 Å². The second-order valence-corrected chi connectivity index (χ2v) is 4.24. The van der Waals surface area contributed by atoms with Crippen LogP contribution in [0.25, 0.3) is 11.4 Å². The molecule has 0 aliphatic heterocycles. The van der Waals surface area contributed by atoms with Crippen molar-refractivity contribution >= 4 is 0 Å². The molecule has 3 rings (SSSR count). The summed E-state index contributed by atoms with van der Waals surface area (Å²) in [5.41, 5.74) is 0.905. The summed E-state index contributed by atoms with van der Waals surface area (Å²) in [6.45, 7) is 0. The Kier molecular flexibility index (Phi) is 1.96. The molecule has 1 aliphatic rings. The second-order valence-electron chi connectivity index (χ2n) is 4.24. The molecule has 1 saturated carbocycles. The van der Waals surface area contributed by atoms with E-state index >= 15 is 0 Å². The van der Waals surface area contributed by atoms with Gasteiger partial charge < -0.3 is 5.11 Å². The molecular weight excluding hydrogens is 202 g/mol. The van der Waals surface area contributed by atoms with Crippen LogP contribution >= 0.6 is 0 Å². The number of phenols is 1. The average molecular weight is 215 g/mol. The minimum absolute atomic E-state index is 0.258. The van der Waals surface area contributed by atoms with E-state index in [0.29, 0.717) is 5.92 Å². The first-order chi connectivity index (χ1) is 7.74. The fourth-order valence-corrected chi connectivity index (χ4v) is 1.82. The lowest BCUT2D eigenvalue weighted by Gasteiger charge is -1.99. The zero-order chi connectivity index (χ0) is 11.1. The van der Waals surface area contributed by atoms with Gasteiger partial charge in [0.2, 0.25) is 0 Å². The van der Waals surface area contributed by atoms with Crippen molar-refractivity contribution in [2.24, 2.45) is 7.05 Å². The SMILES string of the molecule is Cn1nc(C2CC2)nc1-c1cccc(O)c1. The summed E-state index contributed by atoms with van der Waals surface area (Å²) < 4.78 is 1.78. The largest absolute Gasteiger partial charge is 0.508 e. The van der Waals surface area contributed by atoms with Gasteiger partial charge in [0, 0.05) is 18.5 Å².